The molecule has 0 aromatic rings. The van der Waals surface area contributed by atoms with Gasteiger partial charge in [-0.25, -0.2) is 0 Å². The highest BCUT2D eigenvalue weighted by atomic mass is 31.2. The molecule has 0 bridgehead atoms. The van der Waals surface area contributed by atoms with Crippen molar-refractivity contribution in [2.75, 3.05) is 27.7 Å². The molecule has 5 nitrogen and oxygen atoms in total. The third-order valence-electron chi connectivity index (χ3n) is 6.86. The summed E-state index contributed by atoms with van der Waals surface area (Å²) in [4.78, 5) is 19.2. The average Bonchev–Trinajstić information content (AvgIpc) is 2.75. The van der Waals surface area contributed by atoms with Gasteiger partial charge in [0.05, 0.1) is 21.1 Å². The van der Waals surface area contributed by atoms with Gasteiger partial charge >= 0.3 is 7.60 Å². The summed E-state index contributed by atoms with van der Waals surface area (Å²) in [5, 5.41) is 8.63. The van der Waals surface area contributed by atoms with Gasteiger partial charge in [-0.15, -0.1) is 0 Å². The highest BCUT2D eigenvalue weighted by Crippen LogP contribution is 2.52. The Kier molecular flexibility index (Phi) is 20.7. The lowest BCUT2D eigenvalue weighted by atomic mass is 10.0. The molecule has 0 radical (unpaired) electrons. The number of rotatable bonds is 25. The van der Waals surface area contributed by atoms with Gasteiger partial charge in [0.15, 0.2) is 0 Å². The van der Waals surface area contributed by atoms with E-state index in [4.69, 9.17) is 0 Å². The third kappa shape index (κ3) is 21.6. The summed E-state index contributed by atoms with van der Waals surface area (Å²) in [6.45, 7) is 2.33. The van der Waals surface area contributed by atoms with Crippen molar-refractivity contribution >= 4 is 7.60 Å². The molecule has 0 aliphatic rings. The SMILES string of the molecule is CCCCCCCCCCCCCCCCC/C=C\CCCCCC(O)(C[N+](C)(C)C)P(=O)(O)O. The summed E-state index contributed by atoms with van der Waals surface area (Å²) in [6, 6.07) is 0. The molecule has 3 N–H and O–H groups in total. The first-order chi connectivity index (χ1) is 16.5. The minimum atomic E-state index is -4.56. The Morgan fingerprint density at radius 1 is 0.629 bits per heavy atom. The Balaban J connectivity index is 3.53. The number of allylic oxidation sites excluding steroid dienone is 2. The number of likely N-dealkylation sites (N-methyl/N-ethyl adjacent to an activating group) is 1. The molecule has 0 fully saturated rings. The zero-order chi connectivity index (χ0) is 26.5. The molecule has 35 heavy (non-hydrogen) atoms. The minimum absolute atomic E-state index is 0.0520. The van der Waals surface area contributed by atoms with Gasteiger partial charge in [-0.1, -0.05) is 115 Å². The van der Waals surface area contributed by atoms with E-state index in [1.165, 1.54) is 96.3 Å². The van der Waals surface area contributed by atoms with E-state index in [9.17, 15) is 19.5 Å². The van der Waals surface area contributed by atoms with Gasteiger partial charge in [-0.2, -0.15) is 0 Å². The Bertz CT molecular complexity index is 555. The molecule has 0 aliphatic carbocycles. The average molecular weight is 519 g/mol. The van der Waals surface area contributed by atoms with E-state index in [1.807, 2.05) is 21.1 Å². The second-order valence-corrected chi connectivity index (χ2v) is 13.7. The van der Waals surface area contributed by atoms with Gasteiger partial charge in [0.1, 0.15) is 6.54 Å². The second-order valence-electron chi connectivity index (χ2n) is 11.8. The molecule has 0 saturated carbocycles. The van der Waals surface area contributed by atoms with Crippen molar-refractivity contribution in [1.82, 2.24) is 0 Å². The molecular formula is C29H61NO4P+. The number of unbranched alkanes of at least 4 members (excludes halogenated alkanes) is 18. The standard InChI is InChI=1S/C29H60NO4P/c1-5-6-7-8-9-10-11-12-13-14-15-16-17-18-19-20-21-22-23-24-25-26-27-29(31,35(32,33)34)28-30(2,3)4/h21-22,31H,5-20,23-28H2,1-4H3,(H-,32,33,34)/p+1/b22-21-. The van der Waals surface area contributed by atoms with Gasteiger partial charge in [-0.3, -0.25) is 4.57 Å². The lowest BCUT2D eigenvalue weighted by molar-refractivity contribution is -0.875. The first kappa shape index (κ1) is 34.8. The zero-order valence-corrected chi connectivity index (χ0v) is 24.7. The highest BCUT2D eigenvalue weighted by molar-refractivity contribution is 7.53. The number of hydrogen-bond acceptors (Lipinski definition) is 2. The van der Waals surface area contributed by atoms with Crippen LogP contribution >= 0.6 is 7.60 Å². The first-order valence-electron chi connectivity index (χ1n) is 14.8. The fourth-order valence-corrected chi connectivity index (χ4v) is 5.85. The Hall–Kier alpha value is -0.190. The molecule has 0 rings (SSSR count). The molecule has 6 heteroatoms. The molecular weight excluding hydrogens is 457 g/mol. The highest BCUT2D eigenvalue weighted by Gasteiger charge is 2.48. The molecule has 210 valence electrons. The monoisotopic (exact) mass is 518 g/mol. The van der Waals surface area contributed by atoms with Gasteiger partial charge in [0.25, 0.3) is 0 Å². The second kappa shape index (κ2) is 20.8. The number of aliphatic hydroxyl groups is 1. The Labute approximate surface area is 218 Å². The summed E-state index contributed by atoms with van der Waals surface area (Å²) in [5.74, 6) is 0. The predicted octanol–water partition coefficient (Wildman–Crippen LogP) is 8.33. The van der Waals surface area contributed by atoms with E-state index >= 15 is 0 Å². The van der Waals surface area contributed by atoms with Crippen LogP contribution in [0.2, 0.25) is 0 Å². The molecule has 0 aromatic carbocycles. The van der Waals surface area contributed by atoms with E-state index in [-0.39, 0.29) is 13.0 Å². The van der Waals surface area contributed by atoms with Crippen LogP contribution in [0.4, 0.5) is 0 Å². The fraction of sp³-hybridized carbons (Fsp3) is 0.931. The van der Waals surface area contributed by atoms with Crippen LogP contribution < -0.4 is 0 Å². The van der Waals surface area contributed by atoms with Crippen molar-refractivity contribution in [2.45, 2.75) is 147 Å². The van der Waals surface area contributed by atoms with E-state index in [0.29, 0.717) is 10.9 Å². The molecule has 0 aliphatic heterocycles. The predicted molar refractivity (Wildman–Crippen MR) is 152 cm³/mol. The first-order valence-corrected chi connectivity index (χ1v) is 16.4. The van der Waals surface area contributed by atoms with E-state index < -0.39 is 12.9 Å². The smallest absolute Gasteiger partial charge is 0.362 e. The maximum atomic E-state index is 11.8. The van der Waals surface area contributed by atoms with Crippen LogP contribution in [0, 0.1) is 0 Å². The zero-order valence-electron chi connectivity index (χ0n) is 23.9. The van der Waals surface area contributed by atoms with Crippen LogP contribution in [0.5, 0.6) is 0 Å². The van der Waals surface area contributed by atoms with Gasteiger partial charge < -0.3 is 19.4 Å². The molecule has 0 saturated heterocycles. The Morgan fingerprint density at radius 2 is 0.971 bits per heavy atom. The van der Waals surface area contributed by atoms with Crippen molar-refractivity contribution in [1.29, 1.82) is 0 Å². The van der Waals surface area contributed by atoms with Crippen LogP contribution in [0.25, 0.3) is 0 Å². The summed E-state index contributed by atoms with van der Waals surface area (Å²) >= 11 is 0. The topological polar surface area (TPSA) is 77.8 Å². The molecule has 0 amide bonds. The van der Waals surface area contributed by atoms with Crippen LogP contribution in [-0.4, -0.2) is 52.4 Å². The number of hydrogen-bond donors (Lipinski definition) is 3. The summed E-state index contributed by atoms with van der Waals surface area (Å²) in [6.07, 6.45) is 30.3. The minimum Gasteiger partial charge on any atom is -0.373 e. The van der Waals surface area contributed by atoms with Crippen molar-refractivity contribution in [2.24, 2.45) is 0 Å². The van der Waals surface area contributed by atoms with Crippen molar-refractivity contribution in [3.05, 3.63) is 12.2 Å². The van der Waals surface area contributed by atoms with Crippen LogP contribution in [0.1, 0.15) is 142 Å². The van der Waals surface area contributed by atoms with Crippen molar-refractivity contribution in [3.63, 3.8) is 0 Å². The summed E-state index contributed by atoms with van der Waals surface area (Å²) in [5.41, 5.74) is 0. The van der Waals surface area contributed by atoms with Gasteiger partial charge in [0.2, 0.25) is 5.34 Å². The van der Waals surface area contributed by atoms with Crippen LogP contribution in [0.15, 0.2) is 12.2 Å². The largest absolute Gasteiger partial charge is 0.373 e. The van der Waals surface area contributed by atoms with Crippen LogP contribution in [0.3, 0.4) is 0 Å². The quantitative estimate of drug-likeness (QED) is 0.0491. The molecule has 0 heterocycles. The normalized spacial score (nSPS) is 14.6. The van der Waals surface area contributed by atoms with E-state index in [1.54, 1.807) is 0 Å². The van der Waals surface area contributed by atoms with Crippen LogP contribution in [-0.2, 0) is 4.57 Å². The van der Waals surface area contributed by atoms with E-state index in [2.05, 4.69) is 19.1 Å². The fourth-order valence-electron chi connectivity index (χ4n) is 4.79. The number of nitrogens with zero attached hydrogens (tertiary/aromatic N) is 1. The summed E-state index contributed by atoms with van der Waals surface area (Å²) in [7, 11) is 0.957. The lowest BCUT2D eigenvalue weighted by Crippen LogP contribution is -2.49. The Morgan fingerprint density at radius 3 is 1.31 bits per heavy atom. The van der Waals surface area contributed by atoms with Crippen molar-refractivity contribution < 1.29 is 23.9 Å². The van der Waals surface area contributed by atoms with E-state index in [0.717, 1.165) is 25.7 Å². The maximum Gasteiger partial charge on any atom is 0.362 e. The van der Waals surface area contributed by atoms with Crippen molar-refractivity contribution in [3.8, 4) is 0 Å². The van der Waals surface area contributed by atoms with Gasteiger partial charge in [-0.05, 0) is 38.5 Å². The maximum absolute atomic E-state index is 11.8. The molecule has 1 atom stereocenters. The number of quaternary nitrogens is 1. The lowest BCUT2D eigenvalue weighted by Gasteiger charge is -2.35. The van der Waals surface area contributed by atoms with Gasteiger partial charge in [0, 0.05) is 0 Å². The summed E-state index contributed by atoms with van der Waals surface area (Å²) < 4.78 is 12.1. The third-order valence-corrected chi connectivity index (χ3v) is 8.31. The molecule has 0 aromatic heterocycles. The molecule has 0 spiro atoms. The molecule has 1 unspecified atom stereocenters.